The highest BCUT2D eigenvalue weighted by Gasteiger charge is 2.09. The second-order valence-corrected chi connectivity index (χ2v) is 4.32. The standard InChI is InChI=1S/C15H9N3O3/c16-8-9-1-4-11(5-2-9)17-15-18-12-6-3-10(14(19)20)7-13(12)21-15/h1-7H,(H,17,18)(H,19,20). The van der Waals surface area contributed by atoms with Gasteiger partial charge in [-0.1, -0.05) is 0 Å². The van der Waals surface area contributed by atoms with Crippen molar-refractivity contribution in [3.8, 4) is 6.07 Å². The highest BCUT2D eigenvalue weighted by Crippen LogP contribution is 2.23. The minimum absolute atomic E-state index is 0.142. The SMILES string of the molecule is N#Cc1ccc(Nc2nc3ccc(C(=O)O)cc3o2)cc1. The number of aromatic carboxylic acids is 1. The fourth-order valence-corrected chi connectivity index (χ4v) is 1.86. The lowest BCUT2D eigenvalue weighted by atomic mass is 10.2. The molecule has 3 aromatic rings. The smallest absolute Gasteiger partial charge is 0.335 e. The van der Waals surface area contributed by atoms with Gasteiger partial charge < -0.3 is 14.8 Å². The van der Waals surface area contributed by atoms with Crippen molar-refractivity contribution in [3.05, 3.63) is 53.6 Å². The number of benzene rings is 2. The lowest BCUT2D eigenvalue weighted by molar-refractivity contribution is 0.0697. The minimum Gasteiger partial charge on any atom is -0.478 e. The molecule has 0 saturated heterocycles. The van der Waals surface area contributed by atoms with Gasteiger partial charge in [0.25, 0.3) is 6.01 Å². The van der Waals surface area contributed by atoms with Crippen molar-refractivity contribution in [1.29, 1.82) is 5.26 Å². The number of carbonyl (C=O) groups is 1. The number of hydrogen-bond donors (Lipinski definition) is 2. The summed E-state index contributed by atoms with van der Waals surface area (Å²) in [4.78, 5) is 15.1. The number of rotatable bonds is 3. The van der Waals surface area contributed by atoms with Crippen molar-refractivity contribution in [3.63, 3.8) is 0 Å². The molecule has 0 atom stereocenters. The van der Waals surface area contributed by atoms with Crippen LogP contribution in [0.5, 0.6) is 0 Å². The molecule has 2 N–H and O–H groups in total. The molecule has 3 rings (SSSR count). The topological polar surface area (TPSA) is 99.2 Å². The average Bonchev–Trinajstić information content (AvgIpc) is 2.89. The van der Waals surface area contributed by atoms with Gasteiger partial charge in [-0.25, -0.2) is 4.79 Å². The lowest BCUT2D eigenvalue weighted by Gasteiger charge is -2.00. The predicted octanol–water partition coefficient (Wildman–Crippen LogP) is 3.14. The summed E-state index contributed by atoms with van der Waals surface area (Å²) in [6, 6.07) is 13.6. The zero-order valence-electron chi connectivity index (χ0n) is 10.7. The quantitative estimate of drug-likeness (QED) is 0.764. The van der Waals surface area contributed by atoms with Gasteiger partial charge >= 0.3 is 5.97 Å². The minimum atomic E-state index is -1.02. The number of nitrogens with zero attached hydrogens (tertiary/aromatic N) is 2. The average molecular weight is 279 g/mol. The molecule has 0 radical (unpaired) electrons. The molecule has 0 amide bonds. The summed E-state index contributed by atoms with van der Waals surface area (Å²) in [7, 11) is 0. The van der Waals surface area contributed by atoms with E-state index in [-0.39, 0.29) is 11.6 Å². The molecule has 0 bridgehead atoms. The first-order valence-corrected chi connectivity index (χ1v) is 6.07. The number of aromatic nitrogens is 1. The van der Waals surface area contributed by atoms with Gasteiger partial charge in [0.15, 0.2) is 5.58 Å². The van der Waals surface area contributed by atoms with Gasteiger partial charge in [-0.15, -0.1) is 0 Å². The zero-order chi connectivity index (χ0) is 14.8. The molecule has 0 aliphatic carbocycles. The fourth-order valence-electron chi connectivity index (χ4n) is 1.86. The summed E-state index contributed by atoms with van der Waals surface area (Å²) in [5.74, 6) is -1.02. The summed E-state index contributed by atoms with van der Waals surface area (Å²) >= 11 is 0. The number of carboxylic acid groups (broad SMARTS) is 1. The van der Waals surface area contributed by atoms with Gasteiger partial charge in [0.2, 0.25) is 0 Å². The molecule has 0 spiro atoms. The predicted molar refractivity (Wildman–Crippen MR) is 75.4 cm³/mol. The van der Waals surface area contributed by atoms with E-state index in [4.69, 9.17) is 14.8 Å². The van der Waals surface area contributed by atoms with Crippen LogP contribution >= 0.6 is 0 Å². The number of oxazole rings is 1. The summed E-state index contributed by atoms with van der Waals surface area (Å²) < 4.78 is 5.47. The molecule has 6 nitrogen and oxygen atoms in total. The molecule has 0 unspecified atom stereocenters. The number of hydrogen-bond acceptors (Lipinski definition) is 5. The Labute approximate surface area is 119 Å². The first-order valence-electron chi connectivity index (χ1n) is 6.07. The van der Waals surface area contributed by atoms with Crippen molar-refractivity contribution in [1.82, 2.24) is 4.98 Å². The van der Waals surface area contributed by atoms with Crippen LogP contribution in [0.3, 0.4) is 0 Å². The van der Waals surface area contributed by atoms with Crippen LogP contribution < -0.4 is 5.32 Å². The van der Waals surface area contributed by atoms with E-state index >= 15 is 0 Å². The second kappa shape index (κ2) is 4.98. The van der Waals surface area contributed by atoms with Crippen LogP contribution in [0, 0.1) is 11.3 Å². The van der Waals surface area contributed by atoms with Crippen molar-refractivity contribution in [2.75, 3.05) is 5.32 Å². The van der Waals surface area contributed by atoms with Crippen LogP contribution in [-0.2, 0) is 0 Å². The van der Waals surface area contributed by atoms with Crippen molar-refractivity contribution in [2.45, 2.75) is 0 Å². The lowest BCUT2D eigenvalue weighted by Crippen LogP contribution is -1.94. The summed E-state index contributed by atoms with van der Waals surface area (Å²) in [6.07, 6.45) is 0. The van der Waals surface area contributed by atoms with Crippen LogP contribution in [0.15, 0.2) is 46.9 Å². The van der Waals surface area contributed by atoms with Crippen molar-refractivity contribution < 1.29 is 14.3 Å². The Morgan fingerprint density at radius 1 is 1.24 bits per heavy atom. The van der Waals surface area contributed by atoms with E-state index in [1.54, 1.807) is 30.3 Å². The molecule has 0 aliphatic rings. The Bertz CT molecular complexity index is 860. The monoisotopic (exact) mass is 279 g/mol. The highest BCUT2D eigenvalue weighted by atomic mass is 16.4. The van der Waals surface area contributed by atoms with E-state index in [1.807, 2.05) is 6.07 Å². The largest absolute Gasteiger partial charge is 0.478 e. The first kappa shape index (κ1) is 12.7. The van der Waals surface area contributed by atoms with E-state index in [1.165, 1.54) is 12.1 Å². The zero-order valence-corrected chi connectivity index (χ0v) is 10.7. The Hall–Kier alpha value is -3.33. The maximum absolute atomic E-state index is 10.9. The molecule has 1 aromatic heterocycles. The van der Waals surface area contributed by atoms with Crippen LogP contribution in [0.25, 0.3) is 11.1 Å². The Kier molecular flexibility index (Phi) is 3.01. The van der Waals surface area contributed by atoms with Gasteiger partial charge in [-0.3, -0.25) is 0 Å². The first-order chi connectivity index (χ1) is 10.2. The van der Waals surface area contributed by atoms with Crippen LogP contribution in [0.4, 0.5) is 11.7 Å². The fraction of sp³-hybridized carbons (Fsp3) is 0. The molecular weight excluding hydrogens is 270 g/mol. The molecule has 1 heterocycles. The Balaban J connectivity index is 1.90. The van der Waals surface area contributed by atoms with Gasteiger partial charge in [0.05, 0.1) is 17.2 Å². The third kappa shape index (κ3) is 2.53. The van der Waals surface area contributed by atoms with Crippen LogP contribution in [0.2, 0.25) is 0 Å². The molecule has 0 saturated carbocycles. The van der Waals surface area contributed by atoms with Crippen molar-refractivity contribution in [2.24, 2.45) is 0 Å². The number of fused-ring (bicyclic) bond motifs is 1. The molecule has 102 valence electrons. The second-order valence-electron chi connectivity index (χ2n) is 4.32. The van der Waals surface area contributed by atoms with E-state index < -0.39 is 5.97 Å². The Morgan fingerprint density at radius 3 is 2.67 bits per heavy atom. The maximum Gasteiger partial charge on any atom is 0.335 e. The third-order valence-electron chi connectivity index (χ3n) is 2.90. The molecule has 0 aliphatic heterocycles. The molecule has 2 aromatic carbocycles. The summed E-state index contributed by atoms with van der Waals surface area (Å²) in [5.41, 5.74) is 2.38. The van der Waals surface area contributed by atoms with E-state index in [0.717, 1.165) is 5.69 Å². The third-order valence-corrected chi connectivity index (χ3v) is 2.90. The molecule has 0 fully saturated rings. The highest BCUT2D eigenvalue weighted by molar-refractivity contribution is 5.92. The van der Waals surface area contributed by atoms with Crippen molar-refractivity contribution >= 4 is 28.8 Å². The van der Waals surface area contributed by atoms with Gasteiger partial charge in [-0.05, 0) is 42.5 Å². The molecule has 21 heavy (non-hydrogen) atoms. The van der Waals surface area contributed by atoms with Gasteiger partial charge in [0, 0.05) is 5.69 Å². The molecule has 6 heteroatoms. The number of nitriles is 1. The number of anilines is 2. The Morgan fingerprint density at radius 2 is 2.00 bits per heavy atom. The maximum atomic E-state index is 10.9. The van der Waals surface area contributed by atoms with E-state index in [2.05, 4.69) is 10.3 Å². The van der Waals surface area contributed by atoms with Gasteiger partial charge in [0.1, 0.15) is 5.52 Å². The molecular formula is C15H9N3O3. The normalized spacial score (nSPS) is 10.2. The summed E-state index contributed by atoms with van der Waals surface area (Å²) in [6.45, 7) is 0. The van der Waals surface area contributed by atoms with Gasteiger partial charge in [-0.2, -0.15) is 10.2 Å². The van der Waals surface area contributed by atoms with E-state index in [0.29, 0.717) is 16.7 Å². The van der Waals surface area contributed by atoms with Crippen LogP contribution in [-0.4, -0.2) is 16.1 Å². The number of carboxylic acids is 1. The number of nitrogens with one attached hydrogen (secondary N) is 1. The summed E-state index contributed by atoms with van der Waals surface area (Å²) in [5, 5.41) is 20.6. The van der Waals surface area contributed by atoms with Crippen LogP contribution in [0.1, 0.15) is 15.9 Å². The van der Waals surface area contributed by atoms with E-state index in [9.17, 15) is 4.79 Å².